The molecule has 0 saturated carbocycles. The van der Waals surface area contributed by atoms with Crippen molar-refractivity contribution in [1.29, 1.82) is 5.41 Å². The van der Waals surface area contributed by atoms with Crippen LogP contribution in [-0.2, 0) is 6.42 Å². The summed E-state index contributed by atoms with van der Waals surface area (Å²) in [6.07, 6.45) is 10.0. The molecule has 110 valence electrons. The van der Waals surface area contributed by atoms with E-state index in [1.54, 1.807) is 18.6 Å². The second-order valence-electron chi connectivity index (χ2n) is 5.07. The minimum absolute atomic E-state index is 0.415. The molecular weight excluding hydrogens is 274 g/mol. The highest BCUT2D eigenvalue weighted by Crippen LogP contribution is 2.19. The van der Waals surface area contributed by atoms with Crippen LogP contribution in [-0.4, -0.2) is 27.4 Å². The predicted octanol–water partition coefficient (Wildman–Crippen LogP) is 2.49. The Morgan fingerprint density at radius 1 is 1.23 bits per heavy atom. The number of aromatic amines is 1. The van der Waals surface area contributed by atoms with Crippen molar-refractivity contribution in [2.24, 2.45) is 0 Å². The van der Waals surface area contributed by atoms with E-state index in [2.05, 4.69) is 27.1 Å². The number of H-pyrrole nitrogens is 1. The Morgan fingerprint density at radius 2 is 2.05 bits per heavy atom. The number of pyridine rings is 1. The molecule has 3 rings (SSSR count). The van der Waals surface area contributed by atoms with E-state index in [1.807, 2.05) is 30.4 Å². The van der Waals surface area contributed by atoms with Gasteiger partial charge in [0.05, 0.1) is 11.4 Å². The maximum atomic E-state index is 8.34. The highest BCUT2D eigenvalue weighted by atomic mass is 15.1. The Balaban J connectivity index is 1.75. The van der Waals surface area contributed by atoms with Gasteiger partial charge in [-0.3, -0.25) is 15.5 Å². The van der Waals surface area contributed by atoms with Crippen LogP contribution in [0.25, 0.3) is 5.57 Å². The van der Waals surface area contributed by atoms with Crippen molar-refractivity contribution in [3.63, 3.8) is 0 Å². The van der Waals surface area contributed by atoms with Gasteiger partial charge in [-0.2, -0.15) is 5.10 Å². The van der Waals surface area contributed by atoms with Gasteiger partial charge in [0.25, 0.3) is 0 Å². The van der Waals surface area contributed by atoms with Crippen LogP contribution in [0.15, 0.2) is 66.8 Å². The van der Waals surface area contributed by atoms with Gasteiger partial charge in [0, 0.05) is 42.8 Å². The molecule has 0 bridgehead atoms. The number of aromatic nitrogens is 3. The monoisotopic (exact) mass is 291 g/mol. The zero-order valence-electron chi connectivity index (χ0n) is 12.1. The Kier molecular flexibility index (Phi) is 3.96. The number of rotatable bonds is 5. The average molecular weight is 291 g/mol. The molecule has 0 amide bonds. The quantitative estimate of drug-likeness (QED) is 0.741. The van der Waals surface area contributed by atoms with Crippen LogP contribution in [0.1, 0.15) is 11.3 Å². The summed E-state index contributed by atoms with van der Waals surface area (Å²) < 4.78 is 0. The van der Waals surface area contributed by atoms with E-state index >= 15 is 0 Å². The van der Waals surface area contributed by atoms with Gasteiger partial charge in [-0.15, -0.1) is 0 Å². The Hall–Kier alpha value is -2.95. The van der Waals surface area contributed by atoms with Crippen LogP contribution in [0.3, 0.4) is 0 Å². The number of hydrogen-bond donors (Lipinski definition) is 3. The Bertz CT molecular complexity index is 739. The van der Waals surface area contributed by atoms with E-state index in [9.17, 15) is 0 Å². The van der Waals surface area contributed by atoms with E-state index in [0.29, 0.717) is 17.8 Å². The first-order valence-electron chi connectivity index (χ1n) is 7.05. The first-order valence-corrected chi connectivity index (χ1v) is 7.05. The molecule has 1 aliphatic heterocycles. The standard InChI is InChI=1S/C17H17N5/c1-12(16-5-9-21-22-16)17(18)14-4-8-20-15(11-14)10-13-2-6-19-7-3-13/h2-7,9,11,18,20H,1,8,10H2,(H,21,22). The number of nitrogens with one attached hydrogen (secondary N) is 3. The van der Waals surface area contributed by atoms with Crippen molar-refractivity contribution in [3.8, 4) is 0 Å². The maximum Gasteiger partial charge on any atom is 0.0698 e. The normalized spacial score (nSPS) is 13.8. The molecule has 22 heavy (non-hydrogen) atoms. The Morgan fingerprint density at radius 3 is 2.77 bits per heavy atom. The van der Waals surface area contributed by atoms with Crippen molar-refractivity contribution in [3.05, 3.63) is 78.0 Å². The summed E-state index contributed by atoms with van der Waals surface area (Å²) in [7, 11) is 0. The van der Waals surface area contributed by atoms with Crippen molar-refractivity contribution in [2.45, 2.75) is 6.42 Å². The van der Waals surface area contributed by atoms with Crippen LogP contribution in [0, 0.1) is 5.41 Å². The summed E-state index contributed by atoms with van der Waals surface area (Å²) in [4.78, 5) is 4.03. The lowest BCUT2D eigenvalue weighted by molar-refractivity contribution is 0.841. The third-order valence-corrected chi connectivity index (χ3v) is 3.54. The molecule has 0 spiro atoms. The second kappa shape index (κ2) is 6.22. The molecule has 2 aromatic heterocycles. The fraction of sp³-hybridized carbons (Fsp3) is 0.118. The van der Waals surface area contributed by atoms with Crippen LogP contribution >= 0.6 is 0 Å². The van der Waals surface area contributed by atoms with Gasteiger partial charge >= 0.3 is 0 Å². The fourth-order valence-corrected chi connectivity index (χ4v) is 2.33. The molecule has 0 aromatic carbocycles. The van der Waals surface area contributed by atoms with Gasteiger partial charge in [-0.25, -0.2) is 0 Å². The molecule has 0 fully saturated rings. The molecular formula is C17H17N5. The van der Waals surface area contributed by atoms with E-state index in [0.717, 1.165) is 23.4 Å². The van der Waals surface area contributed by atoms with Crippen molar-refractivity contribution in [1.82, 2.24) is 20.5 Å². The van der Waals surface area contributed by atoms with Gasteiger partial charge in [-0.1, -0.05) is 12.7 Å². The van der Waals surface area contributed by atoms with E-state index < -0.39 is 0 Å². The molecule has 3 heterocycles. The first kappa shape index (κ1) is 14.0. The SMILES string of the molecule is C=C(C(=N)C1=CCNC(Cc2ccncc2)=C1)c1ccn[nH]1. The maximum absolute atomic E-state index is 8.34. The van der Waals surface area contributed by atoms with Crippen molar-refractivity contribution < 1.29 is 0 Å². The molecule has 3 N–H and O–H groups in total. The number of nitrogens with zero attached hydrogens (tertiary/aromatic N) is 2. The number of hydrogen-bond acceptors (Lipinski definition) is 4. The fourth-order valence-electron chi connectivity index (χ4n) is 2.33. The topological polar surface area (TPSA) is 77.5 Å². The second-order valence-corrected chi connectivity index (χ2v) is 5.07. The highest BCUT2D eigenvalue weighted by Gasteiger charge is 2.14. The molecule has 0 aliphatic carbocycles. The first-order chi connectivity index (χ1) is 10.7. The van der Waals surface area contributed by atoms with Gasteiger partial charge in [-0.05, 0) is 35.4 Å². The van der Waals surface area contributed by atoms with Gasteiger partial charge in [0.2, 0.25) is 0 Å². The molecule has 0 radical (unpaired) electrons. The summed E-state index contributed by atoms with van der Waals surface area (Å²) in [5.41, 5.74) is 4.99. The smallest absolute Gasteiger partial charge is 0.0698 e. The molecule has 2 aromatic rings. The lowest BCUT2D eigenvalue weighted by Crippen LogP contribution is -2.21. The lowest BCUT2D eigenvalue weighted by atomic mass is 9.97. The Labute approximate surface area is 129 Å². The van der Waals surface area contributed by atoms with E-state index in [4.69, 9.17) is 5.41 Å². The summed E-state index contributed by atoms with van der Waals surface area (Å²) in [6, 6.07) is 5.81. The predicted molar refractivity (Wildman–Crippen MR) is 87.5 cm³/mol. The van der Waals surface area contributed by atoms with Gasteiger partial charge in [0.1, 0.15) is 0 Å². The largest absolute Gasteiger partial charge is 0.385 e. The third-order valence-electron chi connectivity index (χ3n) is 3.54. The van der Waals surface area contributed by atoms with E-state index in [-0.39, 0.29) is 0 Å². The summed E-state index contributed by atoms with van der Waals surface area (Å²) in [6.45, 7) is 4.70. The van der Waals surface area contributed by atoms with Crippen LogP contribution in [0.5, 0.6) is 0 Å². The van der Waals surface area contributed by atoms with E-state index in [1.165, 1.54) is 5.56 Å². The minimum atomic E-state index is 0.415. The highest BCUT2D eigenvalue weighted by molar-refractivity contribution is 6.30. The molecule has 5 heteroatoms. The summed E-state index contributed by atoms with van der Waals surface area (Å²) >= 11 is 0. The summed E-state index contributed by atoms with van der Waals surface area (Å²) in [5, 5.41) is 18.4. The molecule has 1 aliphatic rings. The number of allylic oxidation sites excluding steroid dienone is 4. The lowest BCUT2D eigenvalue weighted by Gasteiger charge is -2.17. The summed E-state index contributed by atoms with van der Waals surface area (Å²) in [5.74, 6) is 0. The van der Waals surface area contributed by atoms with Crippen LogP contribution < -0.4 is 5.32 Å². The van der Waals surface area contributed by atoms with Crippen molar-refractivity contribution >= 4 is 11.3 Å². The molecule has 5 nitrogen and oxygen atoms in total. The van der Waals surface area contributed by atoms with Crippen LogP contribution in [0.4, 0.5) is 0 Å². The number of dihydropyridines is 1. The van der Waals surface area contributed by atoms with Crippen LogP contribution in [0.2, 0.25) is 0 Å². The minimum Gasteiger partial charge on any atom is -0.385 e. The molecule has 0 atom stereocenters. The average Bonchev–Trinajstić information content (AvgIpc) is 3.09. The molecule has 0 unspecified atom stereocenters. The third kappa shape index (κ3) is 3.03. The zero-order valence-corrected chi connectivity index (χ0v) is 12.1. The van der Waals surface area contributed by atoms with Gasteiger partial charge < -0.3 is 5.32 Å². The molecule has 0 saturated heterocycles. The van der Waals surface area contributed by atoms with Crippen molar-refractivity contribution in [2.75, 3.05) is 6.54 Å². The zero-order chi connectivity index (χ0) is 15.4. The van der Waals surface area contributed by atoms with Gasteiger partial charge in [0.15, 0.2) is 0 Å².